The molecule has 156 valence electrons. The van der Waals surface area contributed by atoms with Crippen molar-refractivity contribution in [2.24, 2.45) is 0 Å². The van der Waals surface area contributed by atoms with Crippen LogP contribution in [0.3, 0.4) is 0 Å². The number of carboxylic acid groups (broad SMARTS) is 1. The first-order valence-electron chi connectivity index (χ1n) is 10.4. The van der Waals surface area contributed by atoms with Gasteiger partial charge in [-0.1, -0.05) is 60.7 Å². The quantitative estimate of drug-likeness (QED) is 0.400. The Hall–Kier alpha value is -3.63. The number of aryl methyl sites for hydroxylation is 1. The Morgan fingerprint density at radius 3 is 2.42 bits per heavy atom. The summed E-state index contributed by atoms with van der Waals surface area (Å²) >= 11 is 0. The van der Waals surface area contributed by atoms with Crippen LogP contribution in [0.1, 0.15) is 41.7 Å². The van der Waals surface area contributed by atoms with Gasteiger partial charge in [0.1, 0.15) is 0 Å². The van der Waals surface area contributed by atoms with E-state index in [1.165, 1.54) is 0 Å². The largest absolute Gasteiger partial charge is 0.481 e. The van der Waals surface area contributed by atoms with Crippen LogP contribution in [0.15, 0.2) is 79.0 Å². The molecule has 0 aliphatic heterocycles. The highest BCUT2D eigenvalue weighted by Gasteiger charge is 2.11. The van der Waals surface area contributed by atoms with Crippen molar-refractivity contribution in [1.29, 1.82) is 0 Å². The normalized spacial score (nSPS) is 12.5. The van der Waals surface area contributed by atoms with Crippen LogP contribution in [0.2, 0.25) is 0 Å². The standard InChI is InChI=1S/C27H25NO3/c1-19(29)22-11-13-24(14-12-22)28-18-23(10-7-20-5-3-2-4-6-20)25-17-21(8-15-26(25)28)9-16-27(30)31/h2-8,10-15,17-19,29H,9,16H2,1H3,(H,30,31). The van der Waals surface area contributed by atoms with Crippen LogP contribution < -0.4 is 0 Å². The first-order chi connectivity index (χ1) is 15.0. The highest BCUT2D eigenvalue weighted by atomic mass is 16.4. The third-order valence-corrected chi connectivity index (χ3v) is 5.44. The maximum absolute atomic E-state index is 11.0. The van der Waals surface area contributed by atoms with Gasteiger partial charge < -0.3 is 14.8 Å². The molecule has 4 rings (SSSR count). The fraction of sp³-hybridized carbons (Fsp3) is 0.148. The van der Waals surface area contributed by atoms with Crippen LogP contribution in [-0.2, 0) is 11.2 Å². The lowest BCUT2D eigenvalue weighted by Crippen LogP contribution is -1.97. The average Bonchev–Trinajstić information content (AvgIpc) is 3.15. The van der Waals surface area contributed by atoms with Gasteiger partial charge in [0, 0.05) is 29.3 Å². The van der Waals surface area contributed by atoms with Gasteiger partial charge in [-0.25, -0.2) is 0 Å². The Morgan fingerprint density at radius 2 is 1.74 bits per heavy atom. The van der Waals surface area contributed by atoms with E-state index in [1.54, 1.807) is 6.92 Å². The Kier molecular flexibility index (Phi) is 6.01. The van der Waals surface area contributed by atoms with Crippen LogP contribution in [0, 0.1) is 0 Å². The number of benzene rings is 3. The number of hydrogen-bond donors (Lipinski definition) is 2. The number of carbonyl (C=O) groups is 1. The second kappa shape index (κ2) is 9.02. The van der Waals surface area contributed by atoms with Crippen LogP contribution in [-0.4, -0.2) is 20.7 Å². The zero-order valence-corrected chi connectivity index (χ0v) is 17.4. The van der Waals surface area contributed by atoms with E-state index in [-0.39, 0.29) is 6.42 Å². The molecule has 0 radical (unpaired) electrons. The molecule has 0 aliphatic carbocycles. The molecule has 1 aromatic heterocycles. The van der Waals surface area contributed by atoms with E-state index in [0.717, 1.165) is 38.8 Å². The lowest BCUT2D eigenvalue weighted by molar-refractivity contribution is -0.136. The molecular weight excluding hydrogens is 386 g/mol. The average molecular weight is 412 g/mol. The van der Waals surface area contributed by atoms with Crippen molar-refractivity contribution >= 4 is 29.0 Å². The predicted molar refractivity (Wildman–Crippen MR) is 125 cm³/mol. The Balaban J connectivity index is 1.78. The molecule has 0 spiro atoms. The van der Waals surface area contributed by atoms with E-state index in [9.17, 15) is 9.90 Å². The molecule has 0 saturated heterocycles. The smallest absolute Gasteiger partial charge is 0.303 e. The summed E-state index contributed by atoms with van der Waals surface area (Å²) in [7, 11) is 0. The van der Waals surface area contributed by atoms with Crippen molar-refractivity contribution in [3.05, 3.63) is 101 Å². The van der Waals surface area contributed by atoms with Gasteiger partial charge in [0.2, 0.25) is 0 Å². The van der Waals surface area contributed by atoms with E-state index in [4.69, 9.17) is 5.11 Å². The molecule has 1 heterocycles. The number of fused-ring (bicyclic) bond motifs is 1. The van der Waals surface area contributed by atoms with Gasteiger partial charge >= 0.3 is 5.97 Å². The molecule has 0 saturated carbocycles. The molecule has 4 nitrogen and oxygen atoms in total. The molecule has 0 aliphatic rings. The molecular formula is C27H25NO3. The first kappa shape index (κ1) is 20.6. The number of carboxylic acids is 1. The molecule has 4 heteroatoms. The second-order valence-corrected chi connectivity index (χ2v) is 7.71. The highest BCUT2D eigenvalue weighted by molar-refractivity contribution is 5.93. The van der Waals surface area contributed by atoms with Crippen LogP contribution in [0.5, 0.6) is 0 Å². The summed E-state index contributed by atoms with van der Waals surface area (Å²) in [6.07, 6.45) is 6.39. The van der Waals surface area contributed by atoms with Crippen molar-refractivity contribution in [2.75, 3.05) is 0 Å². The molecule has 0 bridgehead atoms. The molecule has 1 unspecified atom stereocenters. The number of rotatable bonds is 7. The Morgan fingerprint density at radius 1 is 1.00 bits per heavy atom. The minimum atomic E-state index is -0.792. The van der Waals surface area contributed by atoms with Gasteiger partial charge in [0.15, 0.2) is 0 Å². The summed E-state index contributed by atoms with van der Waals surface area (Å²) in [6, 6.07) is 24.1. The molecule has 0 fully saturated rings. The number of hydrogen-bond acceptors (Lipinski definition) is 2. The minimum absolute atomic E-state index is 0.113. The SMILES string of the molecule is CC(O)c1ccc(-n2cc(C=Cc3ccccc3)c3cc(CCC(=O)O)ccc32)cc1. The monoisotopic (exact) mass is 411 g/mol. The van der Waals surface area contributed by atoms with Gasteiger partial charge in [-0.05, 0) is 54.3 Å². The summed E-state index contributed by atoms with van der Waals surface area (Å²) < 4.78 is 2.13. The number of nitrogens with zero attached hydrogens (tertiary/aromatic N) is 1. The topological polar surface area (TPSA) is 62.5 Å². The minimum Gasteiger partial charge on any atom is -0.481 e. The van der Waals surface area contributed by atoms with Gasteiger partial charge in [-0.15, -0.1) is 0 Å². The molecule has 4 aromatic rings. The fourth-order valence-corrected chi connectivity index (χ4v) is 3.72. The molecule has 31 heavy (non-hydrogen) atoms. The second-order valence-electron chi connectivity index (χ2n) is 7.71. The van der Waals surface area contributed by atoms with E-state index >= 15 is 0 Å². The maximum Gasteiger partial charge on any atom is 0.303 e. The summed E-state index contributed by atoms with van der Waals surface area (Å²) in [6.45, 7) is 1.76. The number of aromatic nitrogens is 1. The summed E-state index contributed by atoms with van der Waals surface area (Å²) in [5, 5.41) is 19.9. The lowest BCUT2D eigenvalue weighted by Gasteiger charge is -2.09. The van der Waals surface area contributed by atoms with Crippen molar-refractivity contribution in [2.45, 2.75) is 25.9 Å². The Bertz CT molecular complexity index is 1220. The molecule has 0 amide bonds. The van der Waals surface area contributed by atoms with Crippen molar-refractivity contribution in [3.63, 3.8) is 0 Å². The van der Waals surface area contributed by atoms with Crippen LogP contribution >= 0.6 is 0 Å². The van der Waals surface area contributed by atoms with Crippen molar-refractivity contribution in [3.8, 4) is 5.69 Å². The summed E-state index contributed by atoms with van der Waals surface area (Å²) in [5.74, 6) is -0.792. The third kappa shape index (κ3) is 4.76. The summed E-state index contributed by atoms with van der Waals surface area (Å²) in [4.78, 5) is 11.0. The fourth-order valence-electron chi connectivity index (χ4n) is 3.72. The van der Waals surface area contributed by atoms with Gasteiger partial charge in [-0.3, -0.25) is 4.79 Å². The first-order valence-corrected chi connectivity index (χ1v) is 10.4. The van der Waals surface area contributed by atoms with Gasteiger partial charge in [0.25, 0.3) is 0 Å². The van der Waals surface area contributed by atoms with E-state index in [2.05, 4.69) is 47.2 Å². The van der Waals surface area contributed by atoms with E-state index in [0.29, 0.717) is 6.42 Å². The maximum atomic E-state index is 11.0. The van der Waals surface area contributed by atoms with Crippen LogP contribution in [0.4, 0.5) is 0 Å². The molecule has 2 N–H and O–H groups in total. The Labute approximate surface area is 181 Å². The van der Waals surface area contributed by atoms with Crippen molar-refractivity contribution < 1.29 is 15.0 Å². The van der Waals surface area contributed by atoms with E-state index < -0.39 is 12.1 Å². The number of aliphatic hydroxyl groups is 1. The third-order valence-electron chi connectivity index (χ3n) is 5.44. The van der Waals surface area contributed by atoms with E-state index in [1.807, 2.05) is 48.5 Å². The molecule has 3 aromatic carbocycles. The van der Waals surface area contributed by atoms with Gasteiger partial charge in [0.05, 0.1) is 11.6 Å². The van der Waals surface area contributed by atoms with Crippen molar-refractivity contribution in [1.82, 2.24) is 4.57 Å². The summed E-state index contributed by atoms with van der Waals surface area (Å²) in [5.41, 5.74) is 6.12. The highest BCUT2D eigenvalue weighted by Crippen LogP contribution is 2.29. The number of aliphatic carboxylic acids is 1. The van der Waals surface area contributed by atoms with Crippen LogP contribution in [0.25, 0.3) is 28.7 Å². The lowest BCUT2D eigenvalue weighted by atomic mass is 10.0. The number of aliphatic hydroxyl groups excluding tert-OH is 1. The predicted octanol–water partition coefficient (Wildman–Crippen LogP) is 5.87. The molecule has 1 atom stereocenters. The van der Waals surface area contributed by atoms with Gasteiger partial charge in [-0.2, -0.15) is 0 Å². The zero-order valence-electron chi connectivity index (χ0n) is 17.4. The zero-order chi connectivity index (χ0) is 21.8.